The molecule has 3 amide bonds. The Hall–Kier alpha value is -2.19. The summed E-state index contributed by atoms with van der Waals surface area (Å²) in [6, 6.07) is 5.02. The molecule has 1 aromatic carbocycles. The SMILES string of the molecule is O=C(Nc1ccccc1F)N[C@H]1CC[C@@H](CCNC(=O)C2CCC2)O[C@@H]1CO. The van der Waals surface area contributed by atoms with Crippen LogP contribution >= 0.6 is 0 Å². The van der Waals surface area contributed by atoms with Crippen LogP contribution in [0, 0.1) is 11.7 Å². The fourth-order valence-corrected chi connectivity index (χ4v) is 3.57. The minimum Gasteiger partial charge on any atom is -0.394 e. The minimum absolute atomic E-state index is 0.0773. The first-order valence-electron chi connectivity index (χ1n) is 9.93. The van der Waals surface area contributed by atoms with Crippen LogP contribution < -0.4 is 16.0 Å². The number of hydrogen-bond donors (Lipinski definition) is 4. The topological polar surface area (TPSA) is 99.7 Å². The molecule has 1 saturated carbocycles. The van der Waals surface area contributed by atoms with E-state index in [9.17, 15) is 19.1 Å². The van der Waals surface area contributed by atoms with E-state index in [1.165, 1.54) is 12.1 Å². The Balaban J connectivity index is 1.41. The summed E-state index contributed by atoms with van der Waals surface area (Å²) in [7, 11) is 0. The van der Waals surface area contributed by atoms with Crippen LogP contribution in [0.5, 0.6) is 0 Å². The number of rotatable bonds is 7. The first kappa shape index (κ1) is 20.5. The maximum atomic E-state index is 13.6. The average molecular weight is 393 g/mol. The van der Waals surface area contributed by atoms with Gasteiger partial charge >= 0.3 is 6.03 Å². The summed E-state index contributed by atoms with van der Waals surface area (Å²) >= 11 is 0. The van der Waals surface area contributed by atoms with Crippen LogP contribution in [0.15, 0.2) is 24.3 Å². The molecule has 1 saturated heterocycles. The van der Waals surface area contributed by atoms with Gasteiger partial charge in [0.2, 0.25) is 5.91 Å². The molecule has 2 fully saturated rings. The monoisotopic (exact) mass is 393 g/mol. The Kier molecular flexibility index (Phi) is 7.22. The van der Waals surface area contributed by atoms with E-state index in [2.05, 4.69) is 16.0 Å². The van der Waals surface area contributed by atoms with Gasteiger partial charge in [0.25, 0.3) is 0 Å². The number of halogens is 1. The number of aliphatic hydroxyl groups is 1. The molecular weight excluding hydrogens is 365 g/mol. The van der Waals surface area contributed by atoms with Gasteiger partial charge in [0.1, 0.15) is 11.9 Å². The van der Waals surface area contributed by atoms with Gasteiger partial charge in [-0.3, -0.25) is 4.79 Å². The van der Waals surface area contributed by atoms with E-state index in [0.717, 1.165) is 19.3 Å². The van der Waals surface area contributed by atoms with E-state index in [1.807, 2.05) is 0 Å². The van der Waals surface area contributed by atoms with E-state index >= 15 is 0 Å². The second-order valence-corrected chi connectivity index (χ2v) is 7.45. The fourth-order valence-electron chi connectivity index (χ4n) is 3.57. The highest BCUT2D eigenvalue weighted by atomic mass is 19.1. The van der Waals surface area contributed by atoms with Gasteiger partial charge < -0.3 is 25.8 Å². The molecule has 7 nitrogen and oxygen atoms in total. The van der Waals surface area contributed by atoms with Gasteiger partial charge in [-0.25, -0.2) is 9.18 Å². The van der Waals surface area contributed by atoms with Crippen LogP contribution in [0.1, 0.15) is 38.5 Å². The number of urea groups is 1. The van der Waals surface area contributed by atoms with Crippen molar-refractivity contribution in [3.63, 3.8) is 0 Å². The number of nitrogens with one attached hydrogen (secondary N) is 3. The summed E-state index contributed by atoms with van der Waals surface area (Å²) in [4.78, 5) is 24.0. The zero-order chi connectivity index (χ0) is 19.9. The van der Waals surface area contributed by atoms with Gasteiger partial charge in [-0.15, -0.1) is 0 Å². The van der Waals surface area contributed by atoms with E-state index in [0.29, 0.717) is 25.8 Å². The van der Waals surface area contributed by atoms with Crippen molar-refractivity contribution in [2.45, 2.75) is 56.8 Å². The smallest absolute Gasteiger partial charge is 0.319 e. The van der Waals surface area contributed by atoms with Crippen molar-refractivity contribution in [2.24, 2.45) is 5.92 Å². The highest BCUT2D eigenvalue weighted by molar-refractivity contribution is 5.89. The molecule has 1 aromatic rings. The Labute approximate surface area is 164 Å². The van der Waals surface area contributed by atoms with E-state index in [4.69, 9.17) is 4.74 Å². The number of anilines is 1. The molecule has 0 bridgehead atoms. The number of aliphatic hydroxyl groups excluding tert-OH is 1. The normalized spacial score (nSPS) is 24.9. The lowest BCUT2D eigenvalue weighted by atomic mass is 9.85. The largest absolute Gasteiger partial charge is 0.394 e. The van der Waals surface area contributed by atoms with Crippen molar-refractivity contribution in [1.82, 2.24) is 10.6 Å². The van der Waals surface area contributed by atoms with Gasteiger partial charge in [-0.2, -0.15) is 0 Å². The predicted octanol–water partition coefficient (Wildman–Crippen LogP) is 2.16. The number of hydrogen-bond acceptors (Lipinski definition) is 4. The molecule has 1 aliphatic carbocycles. The summed E-state index contributed by atoms with van der Waals surface area (Å²) < 4.78 is 19.5. The number of benzene rings is 1. The van der Waals surface area contributed by atoms with E-state index in [-0.39, 0.29) is 36.3 Å². The predicted molar refractivity (Wildman–Crippen MR) is 102 cm³/mol. The van der Waals surface area contributed by atoms with Gasteiger partial charge in [0.15, 0.2) is 0 Å². The molecule has 0 aromatic heterocycles. The third-order valence-electron chi connectivity index (χ3n) is 5.48. The Morgan fingerprint density at radius 1 is 1.18 bits per heavy atom. The minimum atomic E-state index is -0.539. The quantitative estimate of drug-likeness (QED) is 0.570. The first-order valence-corrected chi connectivity index (χ1v) is 9.93. The maximum absolute atomic E-state index is 13.6. The molecule has 0 radical (unpaired) electrons. The lowest BCUT2D eigenvalue weighted by Gasteiger charge is -2.36. The van der Waals surface area contributed by atoms with Crippen molar-refractivity contribution < 1.29 is 23.8 Å². The summed E-state index contributed by atoms with van der Waals surface area (Å²) in [5, 5.41) is 17.8. The van der Waals surface area contributed by atoms with Crippen LogP contribution in [0.25, 0.3) is 0 Å². The third-order valence-corrected chi connectivity index (χ3v) is 5.48. The van der Waals surface area contributed by atoms with Gasteiger partial charge in [-0.05, 0) is 44.2 Å². The Morgan fingerprint density at radius 2 is 1.96 bits per heavy atom. The highest BCUT2D eigenvalue weighted by Crippen LogP contribution is 2.26. The highest BCUT2D eigenvalue weighted by Gasteiger charge is 2.32. The molecule has 3 rings (SSSR count). The van der Waals surface area contributed by atoms with Crippen molar-refractivity contribution >= 4 is 17.6 Å². The second kappa shape index (κ2) is 9.84. The number of carbonyl (C=O) groups excluding carboxylic acids is 2. The molecule has 28 heavy (non-hydrogen) atoms. The Bertz CT molecular complexity index is 683. The zero-order valence-electron chi connectivity index (χ0n) is 15.8. The molecule has 3 atom stereocenters. The molecule has 8 heteroatoms. The lowest BCUT2D eigenvalue weighted by molar-refractivity contribution is -0.127. The van der Waals surface area contributed by atoms with Crippen molar-refractivity contribution in [3.8, 4) is 0 Å². The van der Waals surface area contributed by atoms with Gasteiger partial charge in [0, 0.05) is 12.5 Å². The zero-order valence-corrected chi connectivity index (χ0v) is 15.8. The standard InChI is InChI=1S/C20H28FN3O4/c21-15-6-1-2-7-16(15)23-20(27)24-17-9-8-14(28-18(17)12-25)10-11-22-19(26)13-4-3-5-13/h1-2,6-7,13-14,17-18,25H,3-5,8-12H2,(H,22,26)(H2,23,24,27)/t14-,17-,18+/m0/s1. The maximum Gasteiger partial charge on any atom is 0.319 e. The molecular formula is C20H28FN3O4. The van der Waals surface area contributed by atoms with Gasteiger partial charge in [-0.1, -0.05) is 18.6 Å². The lowest BCUT2D eigenvalue weighted by Crippen LogP contribution is -2.52. The third kappa shape index (κ3) is 5.42. The molecule has 0 unspecified atom stereocenters. The summed E-state index contributed by atoms with van der Waals surface area (Å²) in [5.41, 5.74) is 0.0948. The van der Waals surface area contributed by atoms with Crippen LogP contribution in [-0.4, -0.2) is 48.4 Å². The van der Waals surface area contributed by atoms with Crippen molar-refractivity contribution in [1.29, 1.82) is 0 Å². The van der Waals surface area contributed by atoms with Crippen molar-refractivity contribution in [2.75, 3.05) is 18.5 Å². The van der Waals surface area contributed by atoms with Crippen LogP contribution in [0.2, 0.25) is 0 Å². The number of ether oxygens (including phenoxy) is 1. The Morgan fingerprint density at radius 3 is 2.64 bits per heavy atom. The summed E-state index contributed by atoms with van der Waals surface area (Å²) in [6.07, 6.45) is 4.47. The molecule has 0 spiro atoms. The first-order chi connectivity index (χ1) is 13.6. The number of para-hydroxylation sites is 1. The molecule has 1 aliphatic heterocycles. The van der Waals surface area contributed by atoms with Crippen molar-refractivity contribution in [3.05, 3.63) is 30.1 Å². The number of carbonyl (C=O) groups is 2. The summed E-state index contributed by atoms with van der Waals surface area (Å²) in [6.45, 7) is 0.319. The fraction of sp³-hybridized carbons (Fsp3) is 0.600. The molecule has 1 heterocycles. The van der Waals surface area contributed by atoms with Crippen LogP contribution in [0.4, 0.5) is 14.9 Å². The number of amides is 3. The van der Waals surface area contributed by atoms with E-state index < -0.39 is 18.0 Å². The van der Waals surface area contributed by atoms with Gasteiger partial charge in [0.05, 0.1) is 24.4 Å². The summed E-state index contributed by atoms with van der Waals surface area (Å²) in [5.74, 6) is -0.232. The van der Waals surface area contributed by atoms with E-state index in [1.54, 1.807) is 12.1 Å². The van der Waals surface area contributed by atoms with Crippen LogP contribution in [-0.2, 0) is 9.53 Å². The molecule has 2 aliphatic rings. The molecule has 4 N–H and O–H groups in total. The molecule has 154 valence electrons. The average Bonchev–Trinajstić information content (AvgIpc) is 2.63. The second-order valence-electron chi connectivity index (χ2n) is 7.45. The van der Waals surface area contributed by atoms with Crippen LogP contribution in [0.3, 0.4) is 0 Å².